The van der Waals surface area contributed by atoms with E-state index in [1.807, 2.05) is 5.57 Å². The second-order valence-electron chi connectivity index (χ2n) is 7.27. The zero-order valence-corrected chi connectivity index (χ0v) is 17.7. The zero-order valence-electron chi connectivity index (χ0n) is 13.7. The van der Waals surface area contributed by atoms with Crippen LogP contribution in [-0.2, 0) is 31.1 Å². The molecular formula is C21H21Cl2Zr. The van der Waals surface area contributed by atoms with Crippen LogP contribution in [0.4, 0.5) is 0 Å². The number of hydrogen-bond donors (Lipinski definition) is 0. The molecule has 3 atom stereocenters. The molecular weight excluding hydrogens is 414 g/mol. The van der Waals surface area contributed by atoms with Crippen molar-refractivity contribution >= 4 is 5.57 Å². The van der Waals surface area contributed by atoms with E-state index in [1.54, 1.807) is 52.6 Å². The topological polar surface area (TPSA) is 0 Å². The van der Waals surface area contributed by atoms with Crippen molar-refractivity contribution in [3.05, 3.63) is 64.3 Å². The molecule has 0 amide bonds. The normalized spacial score (nSPS) is 29.8. The predicted octanol–water partition coefficient (Wildman–Crippen LogP) is -0.584. The molecule has 1 saturated carbocycles. The number of hydrogen-bond acceptors (Lipinski definition) is 0. The summed E-state index contributed by atoms with van der Waals surface area (Å²) in [5.74, 6) is 1.68. The second kappa shape index (κ2) is 7.26. The monoisotopic (exact) mass is 433 g/mol. The average molecular weight is 436 g/mol. The SMILES string of the molecule is [Cl-].[Cl-].[Zr+2][CH]1CCCC2C1=C1Cc3ccccc3C1=C1C=CCCC12. The Hall–Kier alpha value is -0.0969. The van der Waals surface area contributed by atoms with Crippen molar-refractivity contribution in [1.82, 2.24) is 0 Å². The van der Waals surface area contributed by atoms with Crippen molar-refractivity contribution in [3.63, 3.8) is 0 Å². The van der Waals surface area contributed by atoms with Gasteiger partial charge in [0.25, 0.3) is 0 Å². The average Bonchev–Trinajstić information content (AvgIpc) is 2.94. The van der Waals surface area contributed by atoms with Crippen LogP contribution in [-0.4, -0.2) is 0 Å². The van der Waals surface area contributed by atoms with Crippen molar-refractivity contribution in [2.75, 3.05) is 0 Å². The summed E-state index contributed by atoms with van der Waals surface area (Å²) in [6, 6.07) is 9.16. The molecule has 0 heterocycles. The molecule has 0 nitrogen and oxygen atoms in total. The predicted molar refractivity (Wildman–Crippen MR) is 87.0 cm³/mol. The van der Waals surface area contributed by atoms with E-state index in [0.717, 1.165) is 15.5 Å². The molecule has 0 bridgehead atoms. The van der Waals surface area contributed by atoms with Gasteiger partial charge in [-0.25, -0.2) is 0 Å². The molecule has 123 valence electrons. The number of rotatable bonds is 0. The summed E-state index contributed by atoms with van der Waals surface area (Å²) in [7, 11) is 0. The molecule has 0 aromatic heterocycles. The van der Waals surface area contributed by atoms with Gasteiger partial charge in [0.2, 0.25) is 0 Å². The fourth-order valence-corrected chi connectivity index (χ4v) is 6.81. The summed E-state index contributed by atoms with van der Waals surface area (Å²) in [6.45, 7) is 0. The maximum atomic E-state index is 2.48. The first-order valence-electron chi connectivity index (χ1n) is 8.78. The summed E-state index contributed by atoms with van der Waals surface area (Å²) in [5, 5.41) is 0. The van der Waals surface area contributed by atoms with Gasteiger partial charge in [-0.1, -0.05) is 0 Å². The Morgan fingerprint density at radius 2 is 1.79 bits per heavy atom. The van der Waals surface area contributed by atoms with Gasteiger partial charge in [-0.15, -0.1) is 0 Å². The van der Waals surface area contributed by atoms with Crippen LogP contribution in [0, 0.1) is 11.8 Å². The molecule has 4 aliphatic carbocycles. The molecule has 4 aliphatic rings. The molecule has 0 radical (unpaired) electrons. The van der Waals surface area contributed by atoms with Gasteiger partial charge in [0.1, 0.15) is 0 Å². The van der Waals surface area contributed by atoms with E-state index in [1.165, 1.54) is 38.5 Å². The third-order valence-corrected chi connectivity index (χ3v) is 7.68. The van der Waals surface area contributed by atoms with Gasteiger partial charge in [-0.3, -0.25) is 0 Å². The van der Waals surface area contributed by atoms with Gasteiger partial charge >= 0.3 is 149 Å². The van der Waals surface area contributed by atoms with Crippen molar-refractivity contribution in [1.29, 1.82) is 0 Å². The number of halogens is 2. The van der Waals surface area contributed by atoms with Crippen molar-refractivity contribution in [3.8, 4) is 0 Å². The molecule has 5 rings (SSSR count). The summed E-state index contributed by atoms with van der Waals surface area (Å²) in [4.78, 5) is 0. The third-order valence-electron chi connectivity index (χ3n) is 6.20. The first kappa shape index (κ1) is 18.7. The van der Waals surface area contributed by atoms with Crippen LogP contribution in [0.25, 0.3) is 5.57 Å². The third kappa shape index (κ3) is 2.67. The van der Waals surface area contributed by atoms with Gasteiger partial charge in [0, 0.05) is 0 Å². The Labute approximate surface area is 172 Å². The number of benzene rings is 1. The Morgan fingerprint density at radius 3 is 2.67 bits per heavy atom. The summed E-state index contributed by atoms with van der Waals surface area (Å²) in [6.07, 6.45) is 13.1. The summed E-state index contributed by atoms with van der Waals surface area (Å²) >= 11 is 1.74. The second-order valence-corrected chi connectivity index (χ2v) is 8.99. The summed E-state index contributed by atoms with van der Waals surface area (Å²) in [5.41, 5.74) is 10.1. The number of fused-ring (bicyclic) bond motifs is 6. The van der Waals surface area contributed by atoms with Gasteiger partial charge in [-0.05, 0) is 0 Å². The molecule has 0 saturated heterocycles. The van der Waals surface area contributed by atoms with E-state index >= 15 is 0 Å². The number of allylic oxidation sites excluding steroid dienone is 6. The van der Waals surface area contributed by atoms with Crippen LogP contribution in [0.1, 0.15) is 43.2 Å². The molecule has 3 unspecified atom stereocenters. The van der Waals surface area contributed by atoms with E-state index in [2.05, 4.69) is 36.4 Å². The van der Waals surface area contributed by atoms with E-state index < -0.39 is 0 Å². The van der Waals surface area contributed by atoms with Crippen LogP contribution in [0.3, 0.4) is 0 Å². The van der Waals surface area contributed by atoms with Crippen molar-refractivity contribution < 1.29 is 49.5 Å². The quantitative estimate of drug-likeness (QED) is 0.512. The van der Waals surface area contributed by atoms with Crippen LogP contribution in [0.15, 0.2) is 53.1 Å². The Balaban J connectivity index is 0.000000845. The van der Waals surface area contributed by atoms with E-state index in [0.29, 0.717) is 0 Å². The van der Waals surface area contributed by atoms with Crippen LogP contribution in [0.2, 0.25) is 3.63 Å². The Kier molecular flexibility index (Phi) is 5.65. The molecule has 0 aliphatic heterocycles. The Morgan fingerprint density at radius 1 is 0.958 bits per heavy atom. The van der Waals surface area contributed by atoms with Crippen LogP contribution >= 0.6 is 0 Å². The standard InChI is InChI=1S/C21H21.2ClH.Zr/c1-2-8-15-14(7-1)13-20-18-11-4-3-9-16(18)17-10-5-6-12-19(17)21(15)20;;;/h1-2,6-8,11-12,16-17H,3-5,9-10,13H2;2*1H;/q;;;+2/p-2. The van der Waals surface area contributed by atoms with Crippen LogP contribution < -0.4 is 24.8 Å². The summed E-state index contributed by atoms with van der Waals surface area (Å²) < 4.78 is 0.887. The van der Waals surface area contributed by atoms with Crippen molar-refractivity contribution in [2.24, 2.45) is 11.8 Å². The van der Waals surface area contributed by atoms with E-state index in [-0.39, 0.29) is 24.8 Å². The molecule has 0 spiro atoms. The van der Waals surface area contributed by atoms with E-state index in [4.69, 9.17) is 0 Å². The van der Waals surface area contributed by atoms with Gasteiger partial charge < -0.3 is 24.8 Å². The van der Waals surface area contributed by atoms with E-state index in [9.17, 15) is 0 Å². The van der Waals surface area contributed by atoms with Gasteiger partial charge in [0.15, 0.2) is 0 Å². The first-order chi connectivity index (χ1) is 10.8. The van der Waals surface area contributed by atoms with Gasteiger partial charge in [0.05, 0.1) is 0 Å². The van der Waals surface area contributed by atoms with Crippen LogP contribution in [0.5, 0.6) is 0 Å². The maximum absolute atomic E-state index is 2.48. The Bertz CT molecular complexity index is 744. The first-order valence-corrected chi connectivity index (χ1v) is 10.2. The molecule has 0 N–H and O–H groups in total. The van der Waals surface area contributed by atoms with Gasteiger partial charge in [-0.2, -0.15) is 0 Å². The van der Waals surface area contributed by atoms with Crippen molar-refractivity contribution in [2.45, 2.75) is 42.2 Å². The minimum absolute atomic E-state index is 0. The minimum atomic E-state index is 0. The fraction of sp³-hybridized carbons (Fsp3) is 0.429. The fourth-order valence-electron chi connectivity index (χ4n) is 5.35. The molecule has 1 aromatic carbocycles. The molecule has 1 aromatic rings. The molecule has 3 heteroatoms. The molecule has 1 fully saturated rings. The molecule has 24 heavy (non-hydrogen) atoms. The zero-order chi connectivity index (χ0) is 14.7.